The van der Waals surface area contributed by atoms with Crippen molar-refractivity contribution in [3.8, 4) is 11.5 Å². The molecule has 6 heteroatoms. The van der Waals surface area contributed by atoms with Gasteiger partial charge in [0.1, 0.15) is 0 Å². The number of fused-ring (bicyclic) bond motifs is 1. The molecule has 1 unspecified atom stereocenters. The number of hydrogen-bond donors (Lipinski definition) is 2. The maximum absolute atomic E-state index is 5.46. The van der Waals surface area contributed by atoms with Crippen molar-refractivity contribution >= 4 is 39.6 Å². The van der Waals surface area contributed by atoms with Gasteiger partial charge in [-0.3, -0.25) is 0 Å². The summed E-state index contributed by atoms with van der Waals surface area (Å²) in [6.07, 6.45) is 6.76. The van der Waals surface area contributed by atoms with Gasteiger partial charge >= 0.3 is 0 Å². The Morgan fingerprint density at radius 1 is 1.21 bits per heavy atom. The van der Waals surface area contributed by atoms with Gasteiger partial charge in [0, 0.05) is 46.4 Å². The lowest BCUT2D eigenvalue weighted by Gasteiger charge is -2.23. The minimum Gasteiger partial charge on any atom is -0.493 e. The van der Waals surface area contributed by atoms with Gasteiger partial charge in [-0.1, -0.05) is 12.1 Å². The molecule has 2 aromatic heterocycles. The summed E-state index contributed by atoms with van der Waals surface area (Å²) in [5, 5.41) is 7.01. The van der Waals surface area contributed by atoms with E-state index in [4.69, 9.17) is 9.47 Å². The van der Waals surface area contributed by atoms with Crippen molar-refractivity contribution in [3.63, 3.8) is 0 Å². The number of nitrogens with one attached hydrogen (secondary N) is 2. The van der Waals surface area contributed by atoms with Crippen LogP contribution in [0, 0.1) is 0 Å². The molecule has 0 bridgehead atoms. The van der Waals surface area contributed by atoms with E-state index in [0.717, 1.165) is 41.5 Å². The highest BCUT2D eigenvalue weighted by Gasteiger charge is 2.16. The van der Waals surface area contributed by atoms with Crippen LogP contribution >= 0.6 is 23.1 Å². The van der Waals surface area contributed by atoms with Crippen LogP contribution in [-0.4, -0.2) is 37.5 Å². The SMILES string of the molecule is COc1cc2[nH]cc(CSCCC3CC(c4cccs4)=CCN3)c2cc1OC. The van der Waals surface area contributed by atoms with E-state index in [0.29, 0.717) is 6.04 Å². The molecule has 4 rings (SSSR count). The molecule has 1 atom stereocenters. The first-order valence-electron chi connectivity index (χ1n) is 9.54. The number of thiophene rings is 1. The van der Waals surface area contributed by atoms with Gasteiger partial charge in [-0.15, -0.1) is 11.3 Å². The molecule has 1 aliphatic rings. The monoisotopic (exact) mass is 414 g/mol. The van der Waals surface area contributed by atoms with Crippen LogP contribution in [0.2, 0.25) is 0 Å². The van der Waals surface area contributed by atoms with Crippen molar-refractivity contribution in [1.29, 1.82) is 0 Å². The van der Waals surface area contributed by atoms with Crippen molar-refractivity contribution in [2.24, 2.45) is 0 Å². The smallest absolute Gasteiger partial charge is 0.162 e. The van der Waals surface area contributed by atoms with Crippen molar-refractivity contribution in [3.05, 3.63) is 52.4 Å². The molecule has 3 aromatic rings. The summed E-state index contributed by atoms with van der Waals surface area (Å²) >= 11 is 3.83. The first-order valence-corrected chi connectivity index (χ1v) is 11.6. The van der Waals surface area contributed by atoms with E-state index in [2.05, 4.69) is 46.2 Å². The summed E-state index contributed by atoms with van der Waals surface area (Å²) < 4.78 is 10.8. The Morgan fingerprint density at radius 2 is 2.07 bits per heavy atom. The van der Waals surface area contributed by atoms with Crippen molar-refractivity contribution < 1.29 is 9.47 Å². The van der Waals surface area contributed by atoms with E-state index in [1.807, 2.05) is 29.2 Å². The van der Waals surface area contributed by atoms with E-state index in [1.54, 1.807) is 14.2 Å². The molecule has 0 saturated heterocycles. The number of hydrogen-bond acceptors (Lipinski definition) is 5. The van der Waals surface area contributed by atoms with Crippen molar-refractivity contribution in [2.75, 3.05) is 26.5 Å². The van der Waals surface area contributed by atoms with Gasteiger partial charge in [-0.25, -0.2) is 0 Å². The zero-order valence-electron chi connectivity index (χ0n) is 16.3. The van der Waals surface area contributed by atoms with Gasteiger partial charge in [-0.2, -0.15) is 11.8 Å². The predicted molar refractivity (Wildman–Crippen MR) is 121 cm³/mol. The normalized spacial score (nSPS) is 16.9. The van der Waals surface area contributed by atoms with Crippen molar-refractivity contribution in [1.82, 2.24) is 10.3 Å². The molecule has 4 nitrogen and oxygen atoms in total. The summed E-state index contributed by atoms with van der Waals surface area (Å²) in [7, 11) is 3.35. The van der Waals surface area contributed by atoms with Crippen LogP contribution < -0.4 is 14.8 Å². The molecule has 3 heterocycles. The molecule has 2 N–H and O–H groups in total. The second kappa shape index (κ2) is 9.07. The fourth-order valence-corrected chi connectivity index (χ4v) is 5.50. The molecular formula is C22H26N2O2S2. The highest BCUT2D eigenvalue weighted by Crippen LogP contribution is 2.34. The summed E-state index contributed by atoms with van der Waals surface area (Å²) in [6.45, 7) is 0.979. The molecule has 148 valence electrons. The molecule has 0 spiro atoms. The summed E-state index contributed by atoms with van der Waals surface area (Å²) in [4.78, 5) is 4.78. The standard InChI is InChI=1S/C22H26N2O2S2/c1-25-20-11-18-16(13-24-19(18)12-21(20)26-2)14-27-9-6-17-10-15(5-7-23-17)22-4-3-8-28-22/h3-5,8,11-13,17,23-24H,6-7,9-10,14H2,1-2H3. The Balaban J connectivity index is 1.31. The van der Waals surface area contributed by atoms with Crippen LogP contribution in [0.1, 0.15) is 23.3 Å². The molecule has 1 aromatic carbocycles. The Morgan fingerprint density at radius 3 is 2.86 bits per heavy atom. The van der Waals surface area contributed by atoms with E-state index >= 15 is 0 Å². The topological polar surface area (TPSA) is 46.3 Å². The second-order valence-corrected chi connectivity index (χ2v) is 8.98. The lowest BCUT2D eigenvalue weighted by Crippen LogP contribution is -2.33. The molecule has 0 amide bonds. The first-order chi connectivity index (χ1) is 13.8. The first kappa shape index (κ1) is 19.4. The third kappa shape index (κ3) is 4.24. The summed E-state index contributed by atoms with van der Waals surface area (Å²) in [6, 6.07) is 9.02. The number of ether oxygens (including phenoxy) is 2. The summed E-state index contributed by atoms with van der Waals surface area (Å²) in [5.41, 5.74) is 3.91. The predicted octanol–water partition coefficient (Wildman–Crippen LogP) is 5.32. The van der Waals surface area contributed by atoms with Crippen molar-refractivity contribution in [2.45, 2.75) is 24.6 Å². The third-order valence-electron chi connectivity index (χ3n) is 5.20. The number of aromatic amines is 1. The van der Waals surface area contributed by atoms with Gasteiger partial charge in [-0.05, 0) is 47.2 Å². The lowest BCUT2D eigenvalue weighted by molar-refractivity contribution is 0.356. The van der Waals surface area contributed by atoms with Gasteiger partial charge in [0.05, 0.1) is 14.2 Å². The number of aromatic nitrogens is 1. The van der Waals surface area contributed by atoms with Gasteiger partial charge in [0.15, 0.2) is 11.5 Å². The zero-order valence-corrected chi connectivity index (χ0v) is 17.9. The number of rotatable bonds is 8. The fraction of sp³-hybridized carbons (Fsp3) is 0.364. The average Bonchev–Trinajstić information content (AvgIpc) is 3.40. The van der Waals surface area contributed by atoms with Crippen LogP contribution in [0.3, 0.4) is 0 Å². The third-order valence-corrected chi connectivity index (χ3v) is 7.18. The minimum absolute atomic E-state index is 0.571. The maximum atomic E-state index is 5.46. The maximum Gasteiger partial charge on any atom is 0.162 e. The highest BCUT2D eigenvalue weighted by molar-refractivity contribution is 7.98. The summed E-state index contributed by atoms with van der Waals surface area (Å²) in [5.74, 6) is 3.68. The molecular weight excluding hydrogens is 388 g/mol. The van der Waals surface area contributed by atoms with Crippen LogP contribution in [-0.2, 0) is 5.75 Å². The molecule has 0 saturated carbocycles. The van der Waals surface area contributed by atoms with Crippen LogP contribution in [0.25, 0.3) is 16.5 Å². The second-order valence-electron chi connectivity index (χ2n) is 6.92. The van der Waals surface area contributed by atoms with Gasteiger partial charge < -0.3 is 19.8 Å². The number of methoxy groups -OCH3 is 2. The number of H-pyrrole nitrogens is 1. The molecule has 28 heavy (non-hydrogen) atoms. The molecule has 0 fully saturated rings. The zero-order chi connectivity index (χ0) is 19.3. The van der Waals surface area contributed by atoms with E-state index in [1.165, 1.54) is 27.8 Å². The van der Waals surface area contributed by atoms with Crippen LogP contribution in [0.5, 0.6) is 11.5 Å². The van der Waals surface area contributed by atoms with Gasteiger partial charge in [0.2, 0.25) is 0 Å². The van der Waals surface area contributed by atoms with Crippen LogP contribution in [0.4, 0.5) is 0 Å². The lowest BCUT2D eigenvalue weighted by atomic mass is 9.99. The Labute approximate surface area is 174 Å². The number of thioether (sulfide) groups is 1. The van der Waals surface area contributed by atoms with E-state index in [9.17, 15) is 0 Å². The van der Waals surface area contributed by atoms with E-state index < -0.39 is 0 Å². The van der Waals surface area contributed by atoms with Gasteiger partial charge in [0.25, 0.3) is 0 Å². The fourth-order valence-electron chi connectivity index (χ4n) is 3.67. The van der Waals surface area contributed by atoms with Crippen LogP contribution in [0.15, 0.2) is 41.9 Å². The molecule has 0 radical (unpaired) electrons. The Bertz CT molecular complexity index is 947. The largest absolute Gasteiger partial charge is 0.493 e. The molecule has 0 aliphatic carbocycles. The van der Waals surface area contributed by atoms with E-state index in [-0.39, 0.29) is 0 Å². The Hall–Kier alpha value is -1.89. The average molecular weight is 415 g/mol. The molecule has 1 aliphatic heterocycles. The quantitative estimate of drug-likeness (QED) is 0.490. The minimum atomic E-state index is 0.571. The Kier molecular flexibility index (Phi) is 6.29. The highest BCUT2D eigenvalue weighted by atomic mass is 32.2. The number of benzene rings is 1.